The molecule has 8 nitrogen and oxygen atoms in total. The van der Waals surface area contributed by atoms with Gasteiger partial charge in [0.25, 0.3) is 5.69 Å². The van der Waals surface area contributed by atoms with E-state index in [1.54, 1.807) is 25.3 Å². The van der Waals surface area contributed by atoms with E-state index in [4.69, 9.17) is 16.3 Å². The van der Waals surface area contributed by atoms with Crippen LogP contribution in [-0.4, -0.2) is 38.3 Å². The number of methoxy groups -OCH3 is 1. The molecule has 0 spiro atoms. The van der Waals surface area contributed by atoms with Gasteiger partial charge in [0, 0.05) is 34.0 Å². The van der Waals surface area contributed by atoms with Gasteiger partial charge in [-0.25, -0.2) is 0 Å². The maximum Gasteiger partial charge on any atom is 0.270 e. The van der Waals surface area contributed by atoms with E-state index in [-0.39, 0.29) is 22.8 Å². The first-order chi connectivity index (χ1) is 16.0. The quantitative estimate of drug-likeness (QED) is 0.142. The predicted octanol–water partition coefficient (Wildman–Crippen LogP) is 5.48. The Hall–Kier alpha value is -3.69. The molecule has 0 bridgehead atoms. The number of benzene rings is 3. The Morgan fingerprint density at radius 3 is 2.48 bits per heavy atom. The summed E-state index contributed by atoms with van der Waals surface area (Å²) in [5.41, 5.74) is 1.73. The summed E-state index contributed by atoms with van der Waals surface area (Å²) >= 11 is 7.23. The molecule has 3 aromatic carbocycles. The van der Waals surface area contributed by atoms with Gasteiger partial charge < -0.3 is 4.74 Å². The molecule has 0 saturated carbocycles. The number of thioether (sulfide) groups is 1. The van der Waals surface area contributed by atoms with Crippen LogP contribution in [0.25, 0.3) is 17.1 Å². The van der Waals surface area contributed by atoms with Crippen molar-refractivity contribution in [2.45, 2.75) is 5.16 Å². The van der Waals surface area contributed by atoms with Gasteiger partial charge in [-0.15, -0.1) is 10.2 Å². The molecule has 0 radical (unpaired) electrons. The third kappa shape index (κ3) is 5.05. The van der Waals surface area contributed by atoms with E-state index in [9.17, 15) is 14.9 Å². The van der Waals surface area contributed by atoms with Crippen molar-refractivity contribution in [1.29, 1.82) is 0 Å². The van der Waals surface area contributed by atoms with Gasteiger partial charge in [0.15, 0.2) is 16.8 Å². The lowest BCUT2D eigenvalue weighted by Gasteiger charge is -2.11. The number of ether oxygens (including phenoxy) is 1. The summed E-state index contributed by atoms with van der Waals surface area (Å²) < 4.78 is 7.09. The number of carbonyl (C=O) groups is 1. The van der Waals surface area contributed by atoms with Gasteiger partial charge in [0.1, 0.15) is 5.75 Å². The normalized spacial score (nSPS) is 10.7. The standard InChI is InChI=1S/C23H17ClN4O4S/c1-32-20-11-9-18(10-12-20)27-22(15-5-7-17(24)8-6-15)25-26-23(27)33-14-21(29)16-3-2-4-19(13-16)28(30)31/h2-13H,14H2,1H3. The van der Waals surface area contributed by atoms with Crippen LogP contribution >= 0.6 is 23.4 Å². The maximum atomic E-state index is 12.7. The molecular formula is C23H17ClN4O4S. The van der Waals surface area contributed by atoms with Crippen molar-refractivity contribution in [3.8, 4) is 22.8 Å². The molecule has 0 saturated heterocycles. The number of halogens is 1. The number of carbonyl (C=O) groups excluding carboxylic acids is 1. The topological polar surface area (TPSA) is 100 Å². The average Bonchev–Trinajstić information content (AvgIpc) is 3.27. The lowest BCUT2D eigenvalue weighted by atomic mass is 10.1. The number of ketones is 1. The molecule has 4 aromatic rings. The molecule has 0 amide bonds. The Kier molecular flexibility index (Phi) is 6.71. The van der Waals surface area contributed by atoms with Gasteiger partial charge in [-0.1, -0.05) is 35.5 Å². The number of hydrogen-bond donors (Lipinski definition) is 0. The Balaban J connectivity index is 1.66. The molecule has 0 N–H and O–H groups in total. The van der Waals surface area contributed by atoms with Crippen molar-refractivity contribution >= 4 is 34.8 Å². The highest BCUT2D eigenvalue weighted by molar-refractivity contribution is 7.99. The third-order valence-electron chi connectivity index (χ3n) is 4.78. The molecule has 4 rings (SSSR count). The van der Waals surface area contributed by atoms with Gasteiger partial charge in [-0.3, -0.25) is 19.5 Å². The lowest BCUT2D eigenvalue weighted by Crippen LogP contribution is -2.05. The molecular weight excluding hydrogens is 464 g/mol. The Morgan fingerprint density at radius 1 is 1.09 bits per heavy atom. The molecule has 1 aromatic heterocycles. The van der Waals surface area contributed by atoms with Crippen molar-refractivity contribution in [2.75, 3.05) is 12.9 Å². The van der Waals surface area contributed by atoms with E-state index in [2.05, 4.69) is 10.2 Å². The van der Waals surface area contributed by atoms with Crippen molar-refractivity contribution in [2.24, 2.45) is 0 Å². The Morgan fingerprint density at radius 2 is 1.82 bits per heavy atom. The highest BCUT2D eigenvalue weighted by Gasteiger charge is 2.19. The van der Waals surface area contributed by atoms with E-state index in [1.165, 1.54) is 30.0 Å². The number of hydrogen-bond acceptors (Lipinski definition) is 7. The number of Topliss-reactive ketones (excluding diaryl/α,β-unsaturated/α-hetero) is 1. The largest absolute Gasteiger partial charge is 0.497 e. The highest BCUT2D eigenvalue weighted by Crippen LogP contribution is 2.30. The first-order valence-electron chi connectivity index (χ1n) is 9.72. The summed E-state index contributed by atoms with van der Waals surface area (Å²) in [5.74, 6) is 1.08. The second kappa shape index (κ2) is 9.85. The number of nitrogens with zero attached hydrogens (tertiary/aromatic N) is 4. The van der Waals surface area contributed by atoms with Crippen LogP contribution in [0, 0.1) is 10.1 Å². The molecule has 10 heteroatoms. The molecule has 0 aliphatic heterocycles. The van der Waals surface area contributed by atoms with E-state index in [0.29, 0.717) is 21.8 Å². The summed E-state index contributed by atoms with van der Waals surface area (Å²) in [7, 11) is 1.59. The fourth-order valence-electron chi connectivity index (χ4n) is 3.12. The number of non-ortho nitro benzene ring substituents is 1. The number of nitro benzene ring substituents is 1. The van der Waals surface area contributed by atoms with Gasteiger partial charge in [0.2, 0.25) is 0 Å². The molecule has 166 valence electrons. The summed E-state index contributed by atoms with van der Waals surface area (Å²) in [6, 6.07) is 20.3. The molecule has 0 aliphatic carbocycles. The Bertz CT molecular complexity index is 1310. The minimum absolute atomic E-state index is 0.0378. The number of rotatable bonds is 8. The van der Waals surface area contributed by atoms with Crippen LogP contribution in [0.1, 0.15) is 10.4 Å². The van der Waals surface area contributed by atoms with Gasteiger partial charge in [0.05, 0.1) is 17.8 Å². The second-order valence-corrected chi connectivity index (χ2v) is 8.24. The first kappa shape index (κ1) is 22.5. The van der Waals surface area contributed by atoms with Crippen LogP contribution in [0.15, 0.2) is 78.0 Å². The first-order valence-corrected chi connectivity index (χ1v) is 11.1. The van der Waals surface area contributed by atoms with E-state index >= 15 is 0 Å². The van der Waals surface area contributed by atoms with Gasteiger partial charge in [-0.2, -0.15) is 0 Å². The summed E-state index contributed by atoms with van der Waals surface area (Å²) in [6.45, 7) is 0. The highest BCUT2D eigenvalue weighted by atomic mass is 35.5. The van der Waals surface area contributed by atoms with Crippen molar-refractivity contribution in [3.05, 3.63) is 93.5 Å². The Labute approximate surface area is 198 Å². The van der Waals surface area contributed by atoms with Crippen LogP contribution in [0.3, 0.4) is 0 Å². The zero-order chi connectivity index (χ0) is 23.4. The van der Waals surface area contributed by atoms with Crippen LogP contribution < -0.4 is 4.74 Å². The molecule has 0 atom stereocenters. The molecule has 33 heavy (non-hydrogen) atoms. The molecule has 0 unspecified atom stereocenters. The van der Waals surface area contributed by atoms with E-state index < -0.39 is 4.92 Å². The zero-order valence-electron chi connectivity index (χ0n) is 17.3. The summed E-state index contributed by atoms with van der Waals surface area (Å²) in [4.78, 5) is 23.2. The summed E-state index contributed by atoms with van der Waals surface area (Å²) in [6.07, 6.45) is 0. The van der Waals surface area contributed by atoms with Crippen molar-refractivity contribution < 1.29 is 14.5 Å². The maximum absolute atomic E-state index is 12.7. The van der Waals surface area contributed by atoms with E-state index in [1.807, 2.05) is 41.0 Å². The SMILES string of the molecule is COc1ccc(-n2c(SCC(=O)c3cccc([N+](=O)[O-])c3)nnc2-c2ccc(Cl)cc2)cc1. The molecule has 0 aliphatic rings. The fourth-order valence-corrected chi connectivity index (χ4v) is 4.09. The fraction of sp³-hybridized carbons (Fsp3) is 0.0870. The number of nitro groups is 1. The zero-order valence-corrected chi connectivity index (χ0v) is 18.9. The van der Waals surface area contributed by atoms with Gasteiger partial charge >= 0.3 is 0 Å². The molecule has 1 heterocycles. The van der Waals surface area contributed by atoms with Crippen molar-refractivity contribution in [1.82, 2.24) is 14.8 Å². The summed E-state index contributed by atoms with van der Waals surface area (Å²) in [5, 5.41) is 20.8. The van der Waals surface area contributed by atoms with Gasteiger partial charge in [-0.05, 0) is 48.5 Å². The molecule has 0 fully saturated rings. The lowest BCUT2D eigenvalue weighted by molar-refractivity contribution is -0.384. The monoisotopic (exact) mass is 480 g/mol. The second-order valence-electron chi connectivity index (χ2n) is 6.87. The minimum Gasteiger partial charge on any atom is -0.497 e. The average molecular weight is 481 g/mol. The van der Waals surface area contributed by atoms with Crippen LogP contribution in [0.2, 0.25) is 5.02 Å². The van der Waals surface area contributed by atoms with Crippen LogP contribution in [0.5, 0.6) is 5.75 Å². The van der Waals surface area contributed by atoms with Crippen LogP contribution in [-0.2, 0) is 0 Å². The van der Waals surface area contributed by atoms with Crippen LogP contribution in [0.4, 0.5) is 5.69 Å². The number of aromatic nitrogens is 3. The third-order valence-corrected chi connectivity index (χ3v) is 5.96. The minimum atomic E-state index is -0.525. The predicted molar refractivity (Wildman–Crippen MR) is 127 cm³/mol. The van der Waals surface area contributed by atoms with E-state index in [0.717, 1.165) is 11.3 Å². The smallest absolute Gasteiger partial charge is 0.270 e. The van der Waals surface area contributed by atoms with Crippen molar-refractivity contribution in [3.63, 3.8) is 0 Å².